The number of hydrogen-bond acceptors (Lipinski definition) is 5. The monoisotopic (exact) mass is 512 g/mol. The van der Waals surface area contributed by atoms with E-state index in [1.54, 1.807) is 36.4 Å². The van der Waals surface area contributed by atoms with Gasteiger partial charge in [-0.2, -0.15) is 5.10 Å². The van der Waals surface area contributed by atoms with Crippen molar-refractivity contribution in [2.45, 2.75) is 0 Å². The fraction of sp³-hybridized carbons (Fsp3) is 0.0435. The molecule has 0 aliphatic rings. The van der Waals surface area contributed by atoms with Gasteiger partial charge in [0.05, 0.1) is 6.21 Å². The number of hydrogen-bond donors (Lipinski definition) is 3. The van der Waals surface area contributed by atoms with Gasteiger partial charge in [-0.15, -0.1) is 0 Å². The Bertz CT molecular complexity index is 1170. The van der Waals surface area contributed by atoms with Gasteiger partial charge in [0.1, 0.15) is 11.6 Å². The SMILES string of the molecule is O=C(COc1cccc(/C=N\NC(=O)C(=O)Nc2ccc(F)cc2)c1)Nc1ccc(Br)cc1. The van der Waals surface area contributed by atoms with Crippen molar-refractivity contribution >= 4 is 51.2 Å². The minimum absolute atomic E-state index is 0.197. The van der Waals surface area contributed by atoms with Crippen molar-refractivity contribution in [3.05, 3.63) is 88.6 Å². The van der Waals surface area contributed by atoms with Crippen molar-refractivity contribution < 1.29 is 23.5 Å². The van der Waals surface area contributed by atoms with Crippen LogP contribution in [0.2, 0.25) is 0 Å². The van der Waals surface area contributed by atoms with Gasteiger partial charge in [-0.25, -0.2) is 9.82 Å². The Hall–Kier alpha value is -4.05. The zero-order valence-electron chi connectivity index (χ0n) is 17.0. The third-order valence-electron chi connectivity index (χ3n) is 4.04. The van der Waals surface area contributed by atoms with E-state index in [1.165, 1.54) is 18.3 Å². The summed E-state index contributed by atoms with van der Waals surface area (Å²) in [6, 6.07) is 18.8. The molecule has 3 amide bonds. The highest BCUT2D eigenvalue weighted by Gasteiger charge is 2.12. The van der Waals surface area contributed by atoms with Gasteiger partial charge in [-0.05, 0) is 66.2 Å². The number of nitrogens with one attached hydrogen (secondary N) is 3. The van der Waals surface area contributed by atoms with Crippen LogP contribution in [0, 0.1) is 5.82 Å². The van der Waals surface area contributed by atoms with Crippen LogP contribution in [-0.2, 0) is 14.4 Å². The molecular formula is C23H18BrFN4O4. The average Bonchev–Trinajstić information content (AvgIpc) is 2.81. The summed E-state index contributed by atoms with van der Waals surface area (Å²) in [5, 5.41) is 8.77. The molecule has 0 aromatic heterocycles. The number of rotatable bonds is 7. The van der Waals surface area contributed by atoms with Crippen molar-refractivity contribution in [3.8, 4) is 5.75 Å². The summed E-state index contributed by atoms with van der Waals surface area (Å²) < 4.78 is 19.3. The second kappa shape index (κ2) is 11.5. The molecule has 3 aromatic rings. The molecule has 168 valence electrons. The quantitative estimate of drug-likeness (QED) is 0.254. The molecule has 0 atom stereocenters. The summed E-state index contributed by atoms with van der Waals surface area (Å²) in [6.45, 7) is -0.197. The van der Waals surface area contributed by atoms with Crippen LogP contribution in [0.5, 0.6) is 5.75 Å². The number of carbonyl (C=O) groups excluding carboxylic acids is 3. The second-order valence-electron chi connectivity index (χ2n) is 6.58. The highest BCUT2D eigenvalue weighted by Crippen LogP contribution is 2.15. The maximum atomic E-state index is 12.9. The van der Waals surface area contributed by atoms with Gasteiger partial charge >= 0.3 is 11.8 Å². The van der Waals surface area contributed by atoms with Gasteiger partial charge in [-0.3, -0.25) is 14.4 Å². The fourth-order valence-corrected chi connectivity index (χ4v) is 2.77. The third kappa shape index (κ3) is 7.86. The summed E-state index contributed by atoms with van der Waals surface area (Å²) in [5.74, 6) is -2.31. The molecule has 0 saturated carbocycles. The standard InChI is InChI=1S/C23H18BrFN4O4/c24-16-4-8-18(9-5-16)27-21(30)14-33-20-3-1-2-15(12-20)13-26-29-23(32)22(31)28-19-10-6-17(25)7-11-19/h1-13H,14H2,(H,27,30)(H,28,31)(H,29,32)/b26-13-. The van der Waals surface area contributed by atoms with E-state index in [4.69, 9.17) is 4.74 Å². The summed E-state index contributed by atoms with van der Waals surface area (Å²) >= 11 is 3.33. The van der Waals surface area contributed by atoms with Crippen molar-refractivity contribution in [2.75, 3.05) is 17.2 Å². The zero-order valence-corrected chi connectivity index (χ0v) is 18.6. The molecule has 0 radical (unpaired) electrons. The Labute approximate surface area is 197 Å². The largest absolute Gasteiger partial charge is 0.484 e. The normalized spacial score (nSPS) is 10.5. The number of nitrogens with zero attached hydrogens (tertiary/aromatic N) is 1. The average molecular weight is 513 g/mol. The van der Waals surface area contributed by atoms with Crippen LogP contribution in [0.1, 0.15) is 5.56 Å². The Kier molecular flexibility index (Phi) is 8.25. The summed E-state index contributed by atoms with van der Waals surface area (Å²) in [4.78, 5) is 35.7. The molecule has 0 spiro atoms. The smallest absolute Gasteiger partial charge is 0.329 e. The van der Waals surface area contributed by atoms with Crippen LogP contribution in [0.25, 0.3) is 0 Å². The Morgan fingerprint density at radius 1 is 0.909 bits per heavy atom. The van der Waals surface area contributed by atoms with Crippen LogP contribution < -0.4 is 20.8 Å². The van der Waals surface area contributed by atoms with E-state index >= 15 is 0 Å². The number of ether oxygens (including phenoxy) is 1. The van der Waals surface area contributed by atoms with Gasteiger partial charge in [0.15, 0.2) is 6.61 Å². The van der Waals surface area contributed by atoms with Crippen LogP contribution in [-0.4, -0.2) is 30.5 Å². The van der Waals surface area contributed by atoms with Crippen molar-refractivity contribution in [3.63, 3.8) is 0 Å². The molecule has 0 bridgehead atoms. The van der Waals surface area contributed by atoms with Crippen molar-refractivity contribution in [2.24, 2.45) is 5.10 Å². The maximum absolute atomic E-state index is 12.9. The maximum Gasteiger partial charge on any atom is 0.329 e. The molecule has 10 heteroatoms. The molecule has 0 aliphatic heterocycles. The predicted molar refractivity (Wildman–Crippen MR) is 125 cm³/mol. The lowest BCUT2D eigenvalue weighted by molar-refractivity contribution is -0.136. The lowest BCUT2D eigenvalue weighted by Crippen LogP contribution is -2.32. The zero-order chi connectivity index (χ0) is 23.6. The molecule has 3 aromatic carbocycles. The molecular weight excluding hydrogens is 495 g/mol. The molecule has 0 aliphatic carbocycles. The number of benzene rings is 3. The number of carbonyl (C=O) groups is 3. The lowest BCUT2D eigenvalue weighted by Gasteiger charge is -2.08. The van der Waals surface area contributed by atoms with Crippen LogP contribution in [0.4, 0.5) is 15.8 Å². The molecule has 0 heterocycles. The van der Waals surface area contributed by atoms with Gasteiger partial charge in [0.2, 0.25) is 0 Å². The minimum atomic E-state index is -0.993. The molecule has 8 nitrogen and oxygen atoms in total. The Balaban J connectivity index is 1.47. The van der Waals surface area contributed by atoms with Crippen molar-refractivity contribution in [1.29, 1.82) is 0 Å². The van der Waals surface area contributed by atoms with Gasteiger partial charge in [0, 0.05) is 15.8 Å². The van der Waals surface area contributed by atoms with E-state index in [0.29, 0.717) is 17.0 Å². The molecule has 0 fully saturated rings. The Morgan fingerprint density at radius 2 is 1.58 bits per heavy atom. The van der Waals surface area contributed by atoms with Crippen LogP contribution >= 0.6 is 15.9 Å². The van der Waals surface area contributed by atoms with Gasteiger partial charge in [-0.1, -0.05) is 28.1 Å². The Morgan fingerprint density at radius 3 is 2.30 bits per heavy atom. The van der Waals surface area contributed by atoms with E-state index in [-0.39, 0.29) is 18.2 Å². The summed E-state index contributed by atoms with van der Waals surface area (Å²) in [6.07, 6.45) is 1.32. The first-order chi connectivity index (χ1) is 15.9. The number of hydrazone groups is 1. The molecule has 3 N–H and O–H groups in total. The van der Waals surface area contributed by atoms with E-state index < -0.39 is 17.6 Å². The first-order valence-corrected chi connectivity index (χ1v) is 10.4. The first-order valence-electron chi connectivity index (χ1n) is 9.57. The predicted octanol–water partition coefficient (Wildman–Crippen LogP) is 3.69. The fourth-order valence-electron chi connectivity index (χ4n) is 2.50. The molecule has 0 unspecified atom stereocenters. The lowest BCUT2D eigenvalue weighted by atomic mass is 10.2. The topological polar surface area (TPSA) is 109 Å². The highest BCUT2D eigenvalue weighted by atomic mass is 79.9. The first kappa shape index (κ1) is 23.6. The van der Waals surface area contributed by atoms with Gasteiger partial charge in [0.25, 0.3) is 5.91 Å². The molecule has 3 rings (SSSR count). The van der Waals surface area contributed by atoms with E-state index in [9.17, 15) is 18.8 Å². The molecule has 0 saturated heterocycles. The highest BCUT2D eigenvalue weighted by molar-refractivity contribution is 9.10. The van der Waals surface area contributed by atoms with Crippen LogP contribution in [0.15, 0.2) is 82.4 Å². The summed E-state index contributed by atoms with van der Waals surface area (Å²) in [7, 11) is 0. The van der Waals surface area contributed by atoms with Gasteiger partial charge < -0.3 is 15.4 Å². The summed E-state index contributed by atoms with van der Waals surface area (Å²) in [5.41, 5.74) is 3.59. The number of anilines is 2. The number of halogens is 2. The van der Waals surface area contributed by atoms with Crippen molar-refractivity contribution in [1.82, 2.24) is 5.43 Å². The van der Waals surface area contributed by atoms with E-state index in [0.717, 1.165) is 16.6 Å². The third-order valence-corrected chi connectivity index (χ3v) is 4.57. The van der Waals surface area contributed by atoms with E-state index in [2.05, 4.69) is 37.1 Å². The second-order valence-corrected chi connectivity index (χ2v) is 7.49. The van der Waals surface area contributed by atoms with Crippen LogP contribution in [0.3, 0.4) is 0 Å². The number of amides is 3. The minimum Gasteiger partial charge on any atom is -0.484 e. The van der Waals surface area contributed by atoms with E-state index in [1.807, 2.05) is 12.1 Å². The molecule has 33 heavy (non-hydrogen) atoms.